The number of ether oxygens (including phenoxy) is 1. The Morgan fingerprint density at radius 2 is 1.95 bits per heavy atom. The van der Waals surface area contributed by atoms with Crippen molar-refractivity contribution in [2.45, 2.75) is 25.3 Å². The van der Waals surface area contributed by atoms with Crippen LogP contribution in [0.3, 0.4) is 0 Å². The minimum Gasteiger partial charge on any atom is -0.467 e. The van der Waals surface area contributed by atoms with Gasteiger partial charge in [-0.05, 0) is 32.0 Å². The van der Waals surface area contributed by atoms with Crippen molar-refractivity contribution < 1.29 is 9.53 Å². The van der Waals surface area contributed by atoms with Crippen molar-refractivity contribution in [2.75, 3.05) is 27.2 Å². The Kier molecular flexibility index (Phi) is 5.99. The van der Waals surface area contributed by atoms with Crippen molar-refractivity contribution in [3.05, 3.63) is 35.9 Å². The van der Waals surface area contributed by atoms with E-state index in [1.807, 2.05) is 37.4 Å². The molecule has 0 spiro atoms. The Balaban J connectivity index is 2.86. The minimum absolute atomic E-state index is 0.386. The summed E-state index contributed by atoms with van der Waals surface area (Å²) in [6.45, 7) is 3.88. The van der Waals surface area contributed by atoms with Crippen LogP contribution < -0.4 is 5.73 Å². The molecule has 1 atom stereocenters. The molecule has 4 heteroatoms. The second-order valence-electron chi connectivity index (χ2n) is 4.88. The predicted molar refractivity (Wildman–Crippen MR) is 76.7 cm³/mol. The molecule has 106 valence electrons. The molecule has 1 aromatic rings. The number of carbonyl (C=O) groups excluding carboxylic acids is 1. The molecule has 0 fully saturated rings. The number of hydrogen-bond donors (Lipinski definition) is 1. The Labute approximate surface area is 115 Å². The van der Waals surface area contributed by atoms with E-state index >= 15 is 0 Å². The van der Waals surface area contributed by atoms with Crippen LogP contribution in [0.1, 0.15) is 25.3 Å². The van der Waals surface area contributed by atoms with Crippen molar-refractivity contribution in [2.24, 2.45) is 5.73 Å². The monoisotopic (exact) mass is 264 g/mol. The molecule has 2 N–H and O–H groups in total. The average molecular weight is 264 g/mol. The number of carbonyl (C=O) groups is 1. The maximum atomic E-state index is 12.0. The molecule has 0 radical (unpaired) electrons. The Morgan fingerprint density at radius 3 is 2.47 bits per heavy atom. The zero-order valence-corrected chi connectivity index (χ0v) is 12.1. The Bertz CT molecular complexity index is 394. The second kappa shape index (κ2) is 7.26. The lowest BCUT2D eigenvalue weighted by atomic mass is 9.87. The van der Waals surface area contributed by atoms with Crippen LogP contribution in [-0.2, 0) is 15.1 Å². The molecule has 0 amide bonds. The highest BCUT2D eigenvalue weighted by atomic mass is 16.5. The van der Waals surface area contributed by atoms with Crippen molar-refractivity contribution in [3.63, 3.8) is 0 Å². The van der Waals surface area contributed by atoms with Crippen LogP contribution in [0, 0.1) is 0 Å². The van der Waals surface area contributed by atoms with Gasteiger partial charge in [0.05, 0.1) is 7.11 Å². The molecule has 0 saturated heterocycles. The van der Waals surface area contributed by atoms with Gasteiger partial charge < -0.3 is 15.4 Å². The molecular weight excluding hydrogens is 240 g/mol. The van der Waals surface area contributed by atoms with Gasteiger partial charge in [0.15, 0.2) is 0 Å². The number of rotatable bonds is 7. The summed E-state index contributed by atoms with van der Waals surface area (Å²) in [5.74, 6) is -0.386. The fraction of sp³-hybridized carbons (Fsp3) is 0.533. The number of methoxy groups -OCH3 is 1. The summed E-state index contributed by atoms with van der Waals surface area (Å²) in [5.41, 5.74) is 6.04. The van der Waals surface area contributed by atoms with Gasteiger partial charge in [-0.15, -0.1) is 0 Å². The molecule has 0 aliphatic carbocycles. The lowest BCUT2D eigenvalue weighted by Gasteiger charge is -2.29. The quantitative estimate of drug-likeness (QED) is 0.762. The van der Waals surface area contributed by atoms with E-state index in [0.29, 0.717) is 6.42 Å². The first-order chi connectivity index (χ1) is 9.04. The molecule has 1 unspecified atom stereocenters. The first-order valence-electron chi connectivity index (χ1n) is 6.66. The second-order valence-corrected chi connectivity index (χ2v) is 4.88. The maximum absolute atomic E-state index is 12.0. The highest BCUT2D eigenvalue weighted by Crippen LogP contribution is 2.24. The van der Waals surface area contributed by atoms with E-state index in [1.54, 1.807) is 0 Å². The van der Waals surface area contributed by atoms with Crippen LogP contribution in [0.2, 0.25) is 0 Å². The normalized spacial score (nSPS) is 14.2. The fourth-order valence-electron chi connectivity index (χ4n) is 2.14. The summed E-state index contributed by atoms with van der Waals surface area (Å²) >= 11 is 0. The van der Waals surface area contributed by atoms with Gasteiger partial charge in [-0.3, -0.25) is 0 Å². The van der Waals surface area contributed by atoms with Crippen LogP contribution in [0.5, 0.6) is 0 Å². The van der Waals surface area contributed by atoms with Gasteiger partial charge >= 0.3 is 5.97 Å². The highest BCUT2D eigenvalue weighted by molar-refractivity contribution is 5.82. The van der Waals surface area contributed by atoms with Gasteiger partial charge in [0.1, 0.15) is 5.54 Å². The van der Waals surface area contributed by atoms with Crippen molar-refractivity contribution >= 4 is 5.97 Å². The van der Waals surface area contributed by atoms with Crippen LogP contribution in [0.15, 0.2) is 30.3 Å². The molecule has 1 aromatic carbocycles. The number of esters is 1. The molecule has 0 bridgehead atoms. The van der Waals surface area contributed by atoms with Gasteiger partial charge in [0, 0.05) is 6.54 Å². The average Bonchev–Trinajstić information content (AvgIpc) is 2.45. The van der Waals surface area contributed by atoms with Crippen LogP contribution in [-0.4, -0.2) is 38.1 Å². The lowest BCUT2D eigenvalue weighted by Crippen LogP contribution is -2.47. The van der Waals surface area contributed by atoms with E-state index in [0.717, 1.165) is 25.1 Å². The molecule has 1 rings (SSSR count). The minimum atomic E-state index is -1.07. The standard InChI is InChI=1S/C15H24N2O2/c1-4-11-17(2)12-10-15(16,14(18)19-3)13-8-6-5-7-9-13/h5-9H,4,10-12,16H2,1-3H3. The van der Waals surface area contributed by atoms with Gasteiger partial charge in [-0.1, -0.05) is 37.3 Å². The molecule has 0 saturated carbocycles. The van der Waals surface area contributed by atoms with Gasteiger partial charge in [0.2, 0.25) is 0 Å². The first kappa shape index (κ1) is 15.7. The maximum Gasteiger partial charge on any atom is 0.330 e. The van der Waals surface area contributed by atoms with E-state index in [2.05, 4.69) is 11.8 Å². The summed E-state index contributed by atoms with van der Waals surface area (Å²) in [7, 11) is 3.41. The van der Waals surface area contributed by atoms with E-state index in [-0.39, 0.29) is 5.97 Å². The topological polar surface area (TPSA) is 55.6 Å². The lowest BCUT2D eigenvalue weighted by molar-refractivity contribution is -0.148. The largest absolute Gasteiger partial charge is 0.467 e. The summed E-state index contributed by atoms with van der Waals surface area (Å²) in [6, 6.07) is 9.42. The Hall–Kier alpha value is -1.39. The smallest absolute Gasteiger partial charge is 0.330 e. The third kappa shape index (κ3) is 4.04. The van der Waals surface area contributed by atoms with E-state index in [9.17, 15) is 4.79 Å². The molecule has 0 aliphatic heterocycles. The summed E-state index contributed by atoms with van der Waals surface area (Å²) in [4.78, 5) is 14.2. The van der Waals surface area contributed by atoms with Crippen molar-refractivity contribution in [1.29, 1.82) is 0 Å². The summed E-state index contributed by atoms with van der Waals surface area (Å²) < 4.78 is 4.88. The van der Waals surface area contributed by atoms with Crippen molar-refractivity contribution in [3.8, 4) is 0 Å². The molecular formula is C15H24N2O2. The molecule has 4 nitrogen and oxygen atoms in total. The van der Waals surface area contributed by atoms with Gasteiger partial charge in [-0.25, -0.2) is 4.79 Å². The number of nitrogens with zero attached hydrogens (tertiary/aromatic N) is 1. The molecule has 19 heavy (non-hydrogen) atoms. The SMILES string of the molecule is CCCN(C)CCC(N)(C(=O)OC)c1ccccc1. The van der Waals surface area contributed by atoms with E-state index < -0.39 is 5.54 Å². The van der Waals surface area contributed by atoms with Gasteiger partial charge in [0.25, 0.3) is 0 Å². The molecule has 0 aromatic heterocycles. The predicted octanol–water partition coefficient (Wildman–Crippen LogP) is 1.75. The third-order valence-electron chi connectivity index (χ3n) is 3.33. The molecule has 0 heterocycles. The zero-order valence-electron chi connectivity index (χ0n) is 12.1. The number of benzene rings is 1. The van der Waals surface area contributed by atoms with Crippen LogP contribution >= 0.6 is 0 Å². The zero-order chi connectivity index (χ0) is 14.3. The molecule has 0 aliphatic rings. The van der Waals surface area contributed by atoms with Crippen LogP contribution in [0.4, 0.5) is 0 Å². The van der Waals surface area contributed by atoms with E-state index in [1.165, 1.54) is 7.11 Å². The third-order valence-corrected chi connectivity index (χ3v) is 3.33. The summed E-state index contributed by atoms with van der Waals surface area (Å²) in [6.07, 6.45) is 1.62. The van der Waals surface area contributed by atoms with Gasteiger partial charge in [-0.2, -0.15) is 0 Å². The highest BCUT2D eigenvalue weighted by Gasteiger charge is 2.36. The number of nitrogens with two attached hydrogens (primary N) is 1. The van der Waals surface area contributed by atoms with E-state index in [4.69, 9.17) is 10.5 Å². The number of hydrogen-bond acceptors (Lipinski definition) is 4. The Morgan fingerprint density at radius 1 is 1.32 bits per heavy atom. The van der Waals surface area contributed by atoms with Crippen LogP contribution in [0.25, 0.3) is 0 Å². The van der Waals surface area contributed by atoms with Crippen molar-refractivity contribution in [1.82, 2.24) is 4.90 Å². The fourth-order valence-corrected chi connectivity index (χ4v) is 2.14. The first-order valence-corrected chi connectivity index (χ1v) is 6.66. The summed E-state index contributed by atoms with van der Waals surface area (Å²) in [5, 5.41) is 0.